The quantitative estimate of drug-likeness (QED) is 0.487. The number of nitrogens with one attached hydrogen (secondary N) is 2. The summed E-state index contributed by atoms with van der Waals surface area (Å²) < 4.78 is 0. The Hall–Kier alpha value is -1.89. The minimum Gasteiger partial charge on any atom is -0.382 e. The molecule has 14 heavy (non-hydrogen) atoms. The van der Waals surface area contributed by atoms with Crippen LogP contribution in [0.2, 0.25) is 0 Å². The molecule has 5 N–H and O–H groups in total. The third-order valence-corrected chi connectivity index (χ3v) is 1.65. The number of nitrogens with zero attached hydrogens (tertiary/aromatic N) is 3. The summed E-state index contributed by atoms with van der Waals surface area (Å²) in [6.07, 6.45) is 0.757. The Morgan fingerprint density at radius 1 is 1.57 bits per heavy atom. The van der Waals surface area contributed by atoms with Gasteiger partial charge in [-0.2, -0.15) is 9.97 Å². The fraction of sp³-hybridized carbons (Fsp3) is 0.286. The van der Waals surface area contributed by atoms with Crippen LogP contribution < -0.4 is 11.1 Å². The van der Waals surface area contributed by atoms with Crippen LogP contribution in [0.15, 0.2) is 6.33 Å². The van der Waals surface area contributed by atoms with Crippen molar-refractivity contribution < 1.29 is 5.11 Å². The largest absolute Gasteiger partial charge is 0.382 e. The van der Waals surface area contributed by atoms with Crippen molar-refractivity contribution in [3.05, 3.63) is 6.33 Å². The Morgan fingerprint density at radius 2 is 2.36 bits per heavy atom. The molecule has 1 unspecified atom stereocenters. The highest BCUT2D eigenvalue weighted by Crippen LogP contribution is 2.15. The molecular weight excluding hydrogens is 184 g/mol. The highest BCUT2D eigenvalue weighted by atomic mass is 16.3. The zero-order valence-electron chi connectivity index (χ0n) is 7.52. The predicted octanol–water partition coefficient (Wildman–Crippen LogP) is -0.315. The van der Waals surface area contributed by atoms with E-state index in [0.717, 1.165) is 0 Å². The van der Waals surface area contributed by atoms with E-state index in [2.05, 4.69) is 25.3 Å². The monoisotopic (exact) mass is 194 g/mol. The lowest BCUT2D eigenvalue weighted by Crippen LogP contribution is -2.16. The Balaban J connectivity index is 2.47. The van der Waals surface area contributed by atoms with E-state index in [4.69, 9.17) is 10.8 Å². The second-order valence-electron chi connectivity index (χ2n) is 2.85. The van der Waals surface area contributed by atoms with Crippen LogP contribution in [-0.4, -0.2) is 31.3 Å². The molecule has 0 aliphatic heterocycles. The maximum Gasteiger partial charge on any atom is 0.228 e. The van der Waals surface area contributed by atoms with Crippen molar-refractivity contribution >= 4 is 22.9 Å². The Morgan fingerprint density at radius 3 is 3.07 bits per heavy atom. The van der Waals surface area contributed by atoms with Gasteiger partial charge in [0.05, 0.1) is 6.33 Å². The average molecular weight is 194 g/mol. The van der Waals surface area contributed by atoms with Gasteiger partial charge in [-0.3, -0.25) is 0 Å². The van der Waals surface area contributed by atoms with Crippen LogP contribution in [0.4, 0.5) is 11.8 Å². The molecule has 0 fully saturated rings. The maximum absolute atomic E-state index is 9.06. The first-order chi connectivity index (χ1) is 6.66. The average Bonchev–Trinajstić information content (AvgIpc) is 2.50. The van der Waals surface area contributed by atoms with Crippen molar-refractivity contribution in [1.82, 2.24) is 19.9 Å². The number of aromatic nitrogens is 4. The lowest BCUT2D eigenvalue weighted by Gasteiger charge is -2.06. The molecule has 0 saturated carbocycles. The Labute approximate surface area is 79.4 Å². The van der Waals surface area contributed by atoms with E-state index in [-0.39, 0.29) is 5.95 Å². The second-order valence-corrected chi connectivity index (χ2v) is 2.85. The number of nitrogen functional groups attached to an aromatic ring is 1. The molecule has 2 heterocycles. The molecule has 2 aromatic rings. The number of fused-ring (bicyclic) bond motifs is 1. The number of hydrogen-bond acceptors (Lipinski definition) is 6. The third kappa shape index (κ3) is 1.44. The van der Waals surface area contributed by atoms with Crippen LogP contribution in [0.5, 0.6) is 0 Å². The van der Waals surface area contributed by atoms with Crippen molar-refractivity contribution in [2.45, 2.75) is 13.2 Å². The highest BCUT2D eigenvalue weighted by molar-refractivity contribution is 5.82. The van der Waals surface area contributed by atoms with Crippen LogP contribution in [0, 0.1) is 0 Å². The molecule has 0 aliphatic rings. The summed E-state index contributed by atoms with van der Waals surface area (Å²) in [5, 5.41) is 11.7. The maximum atomic E-state index is 9.06. The SMILES string of the molecule is CC(O)Nc1nc(N)c2[nH]cnc2n1. The van der Waals surface area contributed by atoms with Gasteiger partial charge in [0.25, 0.3) is 0 Å². The molecule has 0 bridgehead atoms. The number of aromatic amines is 1. The van der Waals surface area contributed by atoms with Crippen LogP contribution >= 0.6 is 0 Å². The van der Waals surface area contributed by atoms with E-state index in [9.17, 15) is 0 Å². The van der Waals surface area contributed by atoms with E-state index in [1.165, 1.54) is 6.33 Å². The molecule has 0 spiro atoms. The summed E-state index contributed by atoms with van der Waals surface area (Å²) >= 11 is 0. The minimum absolute atomic E-state index is 0.261. The van der Waals surface area contributed by atoms with Crippen molar-refractivity contribution in [2.75, 3.05) is 11.1 Å². The van der Waals surface area contributed by atoms with E-state index in [1.54, 1.807) is 6.92 Å². The van der Waals surface area contributed by atoms with Gasteiger partial charge in [-0.15, -0.1) is 0 Å². The van der Waals surface area contributed by atoms with Gasteiger partial charge < -0.3 is 21.1 Å². The Kier molecular flexibility index (Phi) is 1.93. The number of aliphatic hydroxyl groups is 1. The lowest BCUT2D eigenvalue weighted by molar-refractivity contribution is 0.223. The number of H-pyrrole nitrogens is 1. The van der Waals surface area contributed by atoms with E-state index >= 15 is 0 Å². The normalized spacial score (nSPS) is 13.0. The van der Waals surface area contributed by atoms with E-state index < -0.39 is 6.23 Å². The summed E-state index contributed by atoms with van der Waals surface area (Å²) in [7, 11) is 0. The molecule has 0 aromatic carbocycles. The fourth-order valence-electron chi connectivity index (χ4n) is 1.11. The van der Waals surface area contributed by atoms with Gasteiger partial charge in [0.2, 0.25) is 5.95 Å². The molecule has 0 saturated heterocycles. The number of imidazole rings is 1. The van der Waals surface area contributed by atoms with Crippen molar-refractivity contribution in [1.29, 1.82) is 0 Å². The van der Waals surface area contributed by atoms with Crippen LogP contribution in [0.25, 0.3) is 11.2 Å². The lowest BCUT2D eigenvalue weighted by atomic mass is 10.5. The second kappa shape index (κ2) is 3.11. The van der Waals surface area contributed by atoms with Gasteiger partial charge in [-0.1, -0.05) is 0 Å². The molecule has 7 nitrogen and oxygen atoms in total. The molecule has 0 radical (unpaired) electrons. The molecule has 1 atom stereocenters. The van der Waals surface area contributed by atoms with Gasteiger partial charge in [-0.25, -0.2) is 4.98 Å². The molecular formula is C7H10N6O. The van der Waals surface area contributed by atoms with Crippen molar-refractivity contribution in [2.24, 2.45) is 0 Å². The minimum atomic E-state index is -0.731. The fourth-order valence-corrected chi connectivity index (χ4v) is 1.11. The van der Waals surface area contributed by atoms with Gasteiger partial charge in [0.1, 0.15) is 11.7 Å². The van der Waals surface area contributed by atoms with E-state index in [0.29, 0.717) is 17.0 Å². The first-order valence-electron chi connectivity index (χ1n) is 4.08. The topological polar surface area (TPSA) is 113 Å². The first kappa shape index (κ1) is 8.70. The zero-order chi connectivity index (χ0) is 10.1. The standard InChI is InChI=1S/C7H10N6O/c1-3(14)11-7-12-5(8)4-6(13-7)10-2-9-4/h2-3,14H,1H3,(H4,8,9,10,11,12,13). The summed E-state index contributed by atoms with van der Waals surface area (Å²) in [6, 6.07) is 0. The molecule has 7 heteroatoms. The first-order valence-corrected chi connectivity index (χ1v) is 4.08. The summed E-state index contributed by atoms with van der Waals surface area (Å²) in [5.74, 6) is 0.563. The van der Waals surface area contributed by atoms with E-state index in [1.807, 2.05) is 0 Å². The molecule has 74 valence electrons. The molecule has 2 aromatic heterocycles. The zero-order valence-corrected chi connectivity index (χ0v) is 7.52. The number of nitrogens with two attached hydrogens (primary N) is 1. The van der Waals surface area contributed by atoms with Gasteiger partial charge >= 0.3 is 0 Å². The van der Waals surface area contributed by atoms with Crippen LogP contribution in [0.3, 0.4) is 0 Å². The third-order valence-electron chi connectivity index (χ3n) is 1.65. The van der Waals surface area contributed by atoms with Gasteiger partial charge in [0.15, 0.2) is 11.5 Å². The Bertz CT molecular complexity index is 450. The van der Waals surface area contributed by atoms with Crippen molar-refractivity contribution in [3.63, 3.8) is 0 Å². The predicted molar refractivity (Wildman–Crippen MR) is 51.4 cm³/mol. The summed E-state index contributed by atoms with van der Waals surface area (Å²) in [6.45, 7) is 1.56. The summed E-state index contributed by atoms with van der Waals surface area (Å²) in [4.78, 5) is 14.7. The van der Waals surface area contributed by atoms with Crippen LogP contribution in [-0.2, 0) is 0 Å². The molecule has 0 aliphatic carbocycles. The summed E-state index contributed by atoms with van der Waals surface area (Å²) in [5.41, 5.74) is 6.70. The smallest absolute Gasteiger partial charge is 0.228 e. The molecule has 0 amide bonds. The number of rotatable bonds is 2. The van der Waals surface area contributed by atoms with Gasteiger partial charge in [0, 0.05) is 0 Å². The number of aliphatic hydroxyl groups excluding tert-OH is 1. The van der Waals surface area contributed by atoms with Gasteiger partial charge in [-0.05, 0) is 6.92 Å². The number of hydrogen-bond donors (Lipinski definition) is 4. The highest BCUT2D eigenvalue weighted by Gasteiger charge is 2.07. The van der Waals surface area contributed by atoms with Crippen molar-refractivity contribution in [3.8, 4) is 0 Å². The molecule has 2 rings (SSSR count). The van der Waals surface area contributed by atoms with Crippen LogP contribution in [0.1, 0.15) is 6.92 Å². The number of anilines is 2.